The predicted molar refractivity (Wildman–Crippen MR) is 42.9 cm³/mol. The first-order valence-corrected chi connectivity index (χ1v) is 4.54. The first kappa shape index (κ1) is 6.66. The third-order valence-electron chi connectivity index (χ3n) is 3.43. The van der Waals surface area contributed by atoms with Crippen LogP contribution in [0.1, 0.15) is 32.6 Å². The first-order valence-electron chi connectivity index (χ1n) is 4.54. The summed E-state index contributed by atoms with van der Waals surface area (Å²) in [5.41, 5.74) is 0.809. The van der Waals surface area contributed by atoms with Gasteiger partial charge < -0.3 is 5.32 Å². The van der Waals surface area contributed by atoms with Crippen LogP contribution in [0.15, 0.2) is 0 Å². The summed E-state index contributed by atoms with van der Waals surface area (Å²) < 4.78 is 0. The monoisotopic (exact) mass is 139 g/mol. The highest BCUT2D eigenvalue weighted by Gasteiger charge is 2.49. The molecule has 1 aliphatic heterocycles. The van der Waals surface area contributed by atoms with Crippen molar-refractivity contribution in [3.05, 3.63) is 0 Å². The van der Waals surface area contributed by atoms with Crippen LogP contribution in [0, 0.1) is 11.3 Å². The molecular formula is C9H17N. The van der Waals surface area contributed by atoms with Gasteiger partial charge in [0, 0.05) is 0 Å². The van der Waals surface area contributed by atoms with Gasteiger partial charge in [-0.05, 0) is 50.1 Å². The summed E-state index contributed by atoms with van der Waals surface area (Å²) in [6.45, 7) is 4.93. The van der Waals surface area contributed by atoms with Gasteiger partial charge in [-0.1, -0.05) is 6.92 Å². The zero-order valence-corrected chi connectivity index (χ0v) is 6.82. The van der Waals surface area contributed by atoms with E-state index in [1.165, 1.54) is 38.8 Å². The molecule has 2 aliphatic rings. The molecular weight excluding hydrogens is 122 g/mol. The van der Waals surface area contributed by atoms with Crippen LogP contribution < -0.4 is 5.32 Å². The maximum atomic E-state index is 3.46. The second-order valence-corrected chi connectivity index (χ2v) is 4.07. The quantitative estimate of drug-likeness (QED) is 0.539. The van der Waals surface area contributed by atoms with Crippen LogP contribution in [0.5, 0.6) is 0 Å². The van der Waals surface area contributed by atoms with Crippen molar-refractivity contribution in [2.45, 2.75) is 32.6 Å². The topological polar surface area (TPSA) is 12.0 Å². The van der Waals surface area contributed by atoms with Crippen LogP contribution in [0.25, 0.3) is 0 Å². The van der Waals surface area contributed by atoms with Crippen LogP contribution >= 0.6 is 0 Å². The number of hydrogen-bond acceptors (Lipinski definition) is 1. The molecule has 2 atom stereocenters. The Morgan fingerprint density at radius 3 is 2.80 bits per heavy atom. The fourth-order valence-corrected chi connectivity index (χ4v) is 2.40. The molecule has 10 heavy (non-hydrogen) atoms. The average molecular weight is 139 g/mol. The molecule has 0 aromatic carbocycles. The Labute approximate surface area is 63.2 Å². The molecule has 1 heterocycles. The van der Waals surface area contributed by atoms with Crippen molar-refractivity contribution >= 4 is 0 Å². The van der Waals surface area contributed by atoms with E-state index in [0.29, 0.717) is 0 Å². The minimum atomic E-state index is 0.809. The van der Waals surface area contributed by atoms with Crippen molar-refractivity contribution < 1.29 is 0 Å². The Bertz CT molecular complexity index is 123. The molecule has 2 rings (SSSR count). The molecule has 1 aliphatic carbocycles. The molecule has 1 spiro atoms. The van der Waals surface area contributed by atoms with E-state index in [1.807, 2.05) is 0 Å². The summed E-state index contributed by atoms with van der Waals surface area (Å²) in [7, 11) is 0. The average Bonchev–Trinajstić information content (AvgIpc) is 2.60. The van der Waals surface area contributed by atoms with Gasteiger partial charge in [-0.2, -0.15) is 0 Å². The Morgan fingerprint density at radius 1 is 1.30 bits per heavy atom. The highest BCUT2D eigenvalue weighted by atomic mass is 14.9. The number of rotatable bonds is 0. The van der Waals surface area contributed by atoms with E-state index in [1.54, 1.807) is 0 Å². The number of hydrogen-bond donors (Lipinski definition) is 1. The van der Waals surface area contributed by atoms with Crippen molar-refractivity contribution in [2.75, 3.05) is 13.1 Å². The molecule has 1 saturated heterocycles. The summed E-state index contributed by atoms with van der Waals surface area (Å²) in [6.07, 6.45) is 5.84. The second kappa shape index (κ2) is 2.23. The minimum absolute atomic E-state index is 0.809. The van der Waals surface area contributed by atoms with Crippen LogP contribution in [0.3, 0.4) is 0 Å². The predicted octanol–water partition coefficient (Wildman–Crippen LogP) is 1.79. The Morgan fingerprint density at radius 2 is 2.10 bits per heavy atom. The van der Waals surface area contributed by atoms with Gasteiger partial charge in [-0.25, -0.2) is 0 Å². The molecule has 0 aromatic rings. The van der Waals surface area contributed by atoms with Gasteiger partial charge in [0.2, 0.25) is 0 Å². The molecule has 1 saturated carbocycles. The molecule has 0 radical (unpaired) electrons. The zero-order chi connectivity index (χ0) is 7.03. The molecule has 2 fully saturated rings. The van der Waals surface area contributed by atoms with E-state index >= 15 is 0 Å². The lowest BCUT2D eigenvalue weighted by molar-refractivity contribution is 0.415. The molecule has 0 bridgehead atoms. The largest absolute Gasteiger partial charge is 0.317 e. The maximum Gasteiger partial charge on any atom is -0.00435 e. The van der Waals surface area contributed by atoms with Crippen LogP contribution in [0.4, 0.5) is 0 Å². The SMILES string of the molecule is C[C@@H]1CC12CCCNCC2. The third-order valence-corrected chi connectivity index (χ3v) is 3.43. The minimum Gasteiger partial charge on any atom is -0.317 e. The van der Waals surface area contributed by atoms with E-state index in [2.05, 4.69) is 12.2 Å². The van der Waals surface area contributed by atoms with E-state index in [-0.39, 0.29) is 0 Å². The highest BCUT2D eigenvalue weighted by Crippen LogP contribution is 2.58. The second-order valence-electron chi connectivity index (χ2n) is 4.07. The van der Waals surface area contributed by atoms with Crippen LogP contribution in [-0.2, 0) is 0 Å². The summed E-state index contributed by atoms with van der Waals surface area (Å²) in [5.74, 6) is 1.03. The lowest BCUT2D eigenvalue weighted by atomic mass is 9.95. The lowest BCUT2D eigenvalue weighted by Gasteiger charge is -2.10. The Kier molecular flexibility index (Phi) is 1.48. The molecule has 0 amide bonds. The summed E-state index contributed by atoms with van der Waals surface area (Å²) in [6, 6.07) is 0. The molecule has 1 unspecified atom stereocenters. The van der Waals surface area contributed by atoms with Crippen LogP contribution in [-0.4, -0.2) is 13.1 Å². The smallest absolute Gasteiger partial charge is 0.00435 e. The first-order chi connectivity index (χ1) is 4.83. The van der Waals surface area contributed by atoms with E-state index < -0.39 is 0 Å². The molecule has 1 heteroatoms. The van der Waals surface area contributed by atoms with Gasteiger partial charge in [0.1, 0.15) is 0 Å². The van der Waals surface area contributed by atoms with E-state index in [0.717, 1.165) is 11.3 Å². The van der Waals surface area contributed by atoms with Crippen molar-refractivity contribution in [3.63, 3.8) is 0 Å². The van der Waals surface area contributed by atoms with Gasteiger partial charge >= 0.3 is 0 Å². The van der Waals surface area contributed by atoms with Crippen LogP contribution in [0.2, 0.25) is 0 Å². The standard InChI is InChI=1S/C9H17N/c1-8-7-9(8)3-2-5-10-6-4-9/h8,10H,2-7H2,1H3/t8-,9?/m1/s1. The van der Waals surface area contributed by atoms with Gasteiger partial charge in [0.15, 0.2) is 0 Å². The molecule has 1 N–H and O–H groups in total. The fraction of sp³-hybridized carbons (Fsp3) is 1.00. The zero-order valence-electron chi connectivity index (χ0n) is 6.82. The Balaban J connectivity index is 1.95. The third kappa shape index (κ3) is 0.968. The molecule has 0 aromatic heterocycles. The van der Waals surface area contributed by atoms with Crippen molar-refractivity contribution in [1.29, 1.82) is 0 Å². The summed E-state index contributed by atoms with van der Waals surface area (Å²) in [5, 5.41) is 3.46. The van der Waals surface area contributed by atoms with Crippen molar-refractivity contribution in [3.8, 4) is 0 Å². The Hall–Kier alpha value is -0.0400. The van der Waals surface area contributed by atoms with E-state index in [4.69, 9.17) is 0 Å². The van der Waals surface area contributed by atoms with Gasteiger partial charge in [-0.3, -0.25) is 0 Å². The lowest BCUT2D eigenvalue weighted by Crippen LogP contribution is -2.14. The fourth-order valence-electron chi connectivity index (χ4n) is 2.40. The highest BCUT2D eigenvalue weighted by molar-refractivity contribution is 5.00. The summed E-state index contributed by atoms with van der Waals surface area (Å²) in [4.78, 5) is 0. The van der Waals surface area contributed by atoms with Gasteiger partial charge in [0.25, 0.3) is 0 Å². The van der Waals surface area contributed by atoms with E-state index in [9.17, 15) is 0 Å². The van der Waals surface area contributed by atoms with Crippen molar-refractivity contribution in [1.82, 2.24) is 5.32 Å². The number of nitrogens with one attached hydrogen (secondary N) is 1. The normalized spacial score (nSPS) is 47.1. The molecule has 58 valence electrons. The maximum absolute atomic E-state index is 3.46. The van der Waals surface area contributed by atoms with Crippen molar-refractivity contribution in [2.24, 2.45) is 11.3 Å². The molecule has 1 nitrogen and oxygen atoms in total. The van der Waals surface area contributed by atoms with Gasteiger partial charge in [0.05, 0.1) is 0 Å². The summed E-state index contributed by atoms with van der Waals surface area (Å²) >= 11 is 0. The van der Waals surface area contributed by atoms with Gasteiger partial charge in [-0.15, -0.1) is 0 Å².